The highest BCUT2D eigenvalue weighted by Gasteiger charge is 2.49. The van der Waals surface area contributed by atoms with Gasteiger partial charge in [0.1, 0.15) is 5.82 Å². The second-order valence-corrected chi connectivity index (χ2v) is 9.92. The number of rotatable bonds is 6. The van der Waals surface area contributed by atoms with Crippen molar-refractivity contribution in [3.8, 4) is 0 Å². The van der Waals surface area contributed by atoms with E-state index in [2.05, 4.69) is 4.90 Å². The Hall–Kier alpha value is -3.06. The summed E-state index contributed by atoms with van der Waals surface area (Å²) in [6, 6.07) is 14.7. The van der Waals surface area contributed by atoms with Gasteiger partial charge in [-0.3, -0.25) is 14.5 Å². The third-order valence-electron chi connectivity index (χ3n) is 7.86. The first kappa shape index (κ1) is 23.7. The van der Waals surface area contributed by atoms with E-state index >= 15 is 0 Å². The number of halogens is 1. The van der Waals surface area contributed by atoms with E-state index in [0.717, 1.165) is 58.2 Å². The Morgan fingerprint density at radius 3 is 2.14 bits per heavy atom. The predicted molar refractivity (Wildman–Crippen MR) is 131 cm³/mol. The number of amides is 3. The molecule has 0 radical (unpaired) electrons. The summed E-state index contributed by atoms with van der Waals surface area (Å²) in [5.41, 5.74) is 1.12. The maximum atomic E-state index is 13.4. The normalized spacial score (nSPS) is 23.4. The van der Waals surface area contributed by atoms with Crippen molar-refractivity contribution < 1.29 is 18.8 Å². The summed E-state index contributed by atoms with van der Waals surface area (Å²) in [5.74, 6) is -0.501. The molecule has 2 heterocycles. The van der Waals surface area contributed by atoms with Crippen molar-refractivity contribution in [2.75, 3.05) is 26.2 Å². The highest BCUT2D eigenvalue weighted by Crippen LogP contribution is 2.35. The second kappa shape index (κ2) is 10.3. The molecule has 2 aromatic carbocycles. The number of likely N-dealkylation sites (tertiary alicyclic amines) is 1. The van der Waals surface area contributed by atoms with Gasteiger partial charge in [0.05, 0.1) is 12.1 Å². The fraction of sp³-hybridized carbons (Fsp3) is 0.464. The van der Waals surface area contributed by atoms with Gasteiger partial charge < -0.3 is 9.80 Å². The lowest BCUT2D eigenvalue weighted by atomic mass is 9.88. The van der Waals surface area contributed by atoms with Crippen molar-refractivity contribution in [3.05, 3.63) is 71.5 Å². The lowest BCUT2D eigenvalue weighted by Gasteiger charge is -2.34. The van der Waals surface area contributed by atoms with E-state index < -0.39 is 0 Å². The molecule has 0 N–H and O–H groups in total. The maximum Gasteiger partial charge on any atom is 0.327 e. The number of urea groups is 1. The Balaban J connectivity index is 1.19. The highest BCUT2D eigenvalue weighted by atomic mass is 19.1. The van der Waals surface area contributed by atoms with Gasteiger partial charge in [0.15, 0.2) is 5.78 Å². The van der Waals surface area contributed by atoms with Crippen molar-refractivity contribution in [1.29, 1.82) is 0 Å². The Morgan fingerprint density at radius 2 is 1.46 bits per heavy atom. The Kier molecular flexibility index (Phi) is 6.95. The smallest absolute Gasteiger partial charge is 0.318 e. The van der Waals surface area contributed by atoms with E-state index in [1.165, 1.54) is 17.0 Å². The van der Waals surface area contributed by atoms with E-state index in [1.54, 1.807) is 24.3 Å². The monoisotopic (exact) mass is 477 g/mol. The van der Waals surface area contributed by atoms with Crippen molar-refractivity contribution in [2.24, 2.45) is 5.92 Å². The van der Waals surface area contributed by atoms with Gasteiger partial charge in [-0.2, -0.15) is 0 Å². The quantitative estimate of drug-likeness (QED) is 0.570. The lowest BCUT2D eigenvalue weighted by molar-refractivity contribution is 0.0755. The zero-order valence-electron chi connectivity index (χ0n) is 19.9. The van der Waals surface area contributed by atoms with Gasteiger partial charge in [-0.15, -0.1) is 0 Å². The lowest BCUT2D eigenvalue weighted by Crippen LogP contribution is -2.45. The fourth-order valence-electron chi connectivity index (χ4n) is 5.92. The number of hydrogen-bond donors (Lipinski definition) is 0. The van der Waals surface area contributed by atoms with E-state index in [-0.39, 0.29) is 41.5 Å². The van der Waals surface area contributed by atoms with Crippen LogP contribution in [0, 0.1) is 11.7 Å². The van der Waals surface area contributed by atoms with Crippen molar-refractivity contribution >= 4 is 17.7 Å². The van der Waals surface area contributed by atoms with Crippen LogP contribution in [0.1, 0.15) is 59.2 Å². The molecule has 2 aromatic rings. The summed E-state index contributed by atoms with van der Waals surface area (Å²) in [5, 5.41) is 0. The number of carbonyl (C=O) groups excluding carboxylic acids is 3. The van der Waals surface area contributed by atoms with Gasteiger partial charge in [0, 0.05) is 30.1 Å². The molecule has 2 atom stereocenters. The number of piperidine rings is 1. The van der Waals surface area contributed by atoms with Crippen LogP contribution in [0.2, 0.25) is 0 Å². The number of benzene rings is 2. The van der Waals surface area contributed by atoms with Crippen LogP contribution in [0.5, 0.6) is 0 Å². The second-order valence-electron chi connectivity index (χ2n) is 9.92. The summed E-state index contributed by atoms with van der Waals surface area (Å²) in [7, 11) is 0. The van der Waals surface area contributed by atoms with Crippen LogP contribution in [0.4, 0.5) is 9.18 Å². The van der Waals surface area contributed by atoms with Gasteiger partial charge in [0.2, 0.25) is 0 Å². The minimum atomic E-state index is -0.336. The molecule has 35 heavy (non-hydrogen) atoms. The average molecular weight is 478 g/mol. The summed E-state index contributed by atoms with van der Waals surface area (Å²) < 4.78 is 13.2. The van der Waals surface area contributed by atoms with Crippen LogP contribution in [0.3, 0.4) is 0 Å². The summed E-state index contributed by atoms with van der Waals surface area (Å²) in [4.78, 5) is 45.1. The van der Waals surface area contributed by atoms with Gasteiger partial charge in [0.25, 0.3) is 5.91 Å². The van der Waals surface area contributed by atoms with Gasteiger partial charge in [-0.05, 0) is 75.2 Å². The largest absolute Gasteiger partial charge is 0.327 e. The number of nitrogens with zero attached hydrogens (tertiary/aromatic N) is 3. The number of hydrogen-bond acceptors (Lipinski definition) is 4. The topological polar surface area (TPSA) is 60.9 Å². The van der Waals surface area contributed by atoms with Gasteiger partial charge in [-0.1, -0.05) is 31.0 Å². The molecule has 5 rings (SSSR count). The first-order valence-corrected chi connectivity index (χ1v) is 12.7. The molecule has 184 valence electrons. The molecule has 0 bridgehead atoms. The molecule has 2 unspecified atom stereocenters. The van der Waals surface area contributed by atoms with Crippen LogP contribution < -0.4 is 0 Å². The number of imide groups is 1. The Bertz CT molecular complexity index is 1070. The third kappa shape index (κ3) is 4.87. The summed E-state index contributed by atoms with van der Waals surface area (Å²) in [6.45, 7) is 2.91. The third-order valence-corrected chi connectivity index (χ3v) is 7.86. The molecule has 0 spiro atoms. The van der Waals surface area contributed by atoms with Gasteiger partial charge in [-0.25, -0.2) is 9.18 Å². The summed E-state index contributed by atoms with van der Waals surface area (Å²) >= 11 is 0. The average Bonchev–Trinajstić information content (AvgIpc) is 3.18. The molecule has 7 heteroatoms. The van der Waals surface area contributed by atoms with E-state index in [9.17, 15) is 18.8 Å². The molecule has 6 nitrogen and oxygen atoms in total. The van der Waals surface area contributed by atoms with E-state index in [4.69, 9.17) is 0 Å². The molecule has 2 saturated heterocycles. The molecule has 1 saturated carbocycles. The Labute approximate surface area is 205 Å². The van der Waals surface area contributed by atoms with Crippen molar-refractivity contribution in [3.63, 3.8) is 0 Å². The van der Waals surface area contributed by atoms with Crippen LogP contribution in [-0.4, -0.2) is 70.7 Å². The Morgan fingerprint density at radius 1 is 0.800 bits per heavy atom. The van der Waals surface area contributed by atoms with Crippen LogP contribution in [-0.2, 0) is 0 Å². The zero-order valence-corrected chi connectivity index (χ0v) is 19.9. The highest BCUT2D eigenvalue weighted by molar-refractivity contribution is 6.05. The SMILES string of the molecule is O=C(c1ccc(F)cc1)C1CCN(CCN2C(=O)N(C(=O)c3ccccc3)C3CCCCC32)CC1. The predicted octanol–water partition coefficient (Wildman–Crippen LogP) is 4.61. The molecule has 2 aliphatic heterocycles. The number of fused-ring (bicyclic) bond motifs is 1. The van der Waals surface area contributed by atoms with Crippen molar-refractivity contribution in [1.82, 2.24) is 14.7 Å². The maximum absolute atomic E-state index is 13.4. The van der Waals surface area contributed by atoms with Crippen LogP contribution in [0.25, 0.3) is 0 Å². The van der Waals surface area contributed by atoms with Crippen LogP contribution >= 0.6 is 0 Å². The van der Waals surface area contributed by atoms with Gasteiger partial charge >= 0.3 is 6.03 Å². The number of ketones is 1. The van der Waals surface area contributed by atoms with Crippen molar-refractivity contribution in [2.45, 2.75) is 50.6 Å². The molecular formula is C28H32FN3O3. The minimum Gasteiger partial charge on any atom is -0.318 e. The zero-order chi connectivity index (χ0) is 24.4. The number of Topliss-reactive ketones (excluding diaryl/α,β-unsaturated/α-hetero) is 1. The van der Waals surface area contributed by atoms with E-state index in [0.29, 0.717) is 17.7 Å². The van der Waals surface area contributed by atoms with Crippen LogP contribution in [0.15, 0.2) is 54.6 Å². The standard InChI is InChI=1S/C28H32FN3O3/c29-23-12-10-20(11-13-23)26(33)21-14-16-30(17-15-21)18-19-31-24-8-4-5-9-25(24)32(28(31)35)27(34)22-6-2-1-3-7-22/h1-3,6-7,10-13,21,24-25H,4-5,8-9,14-19H2. The molecule has 3 amide bonds. The molecule has 3 aliphatic rings. The number of carbonyl (C=O) groups is 3. The first-order chi connectivity index (χ1) is 17.0. The minimum absolute atomic E-state index is 0.0492. The molecule has 1 aliphatic carbocycles. The molecule has 3 fully saturated rings. The van der Waals surface area contributed by atoms with E-state index in [1.807, 2.05) is 23.1 Å². The first-order valence-electron chi connectivity index (χ1n) is 12.7. The fourth-order valence-corrected chi connectivity index (χ4v) is 5.92. The molecular weight excluding hydrogens is 445 g/mol. The summed E-state index contributed by atoms with van der Waals surface area (Å²) in [6.07, 6.45) is 5.43. The molecule has 0 aromatic heterocycles.